The van der Waals surface area contributed by atoms with Crippen LogP contribution in [-0.4, -0.2) is 139 Å². The van der Waals surface area contributed by atoms with Gasteiger partial charge in [0.2, 0.25) is 0 Å². The van der Waals surface area contributed by atoms with E-state index < -0.39 is 84.1 Å². The monoisotopic (exact) mass is 770 g/mol. The molecule has 0 aromatic heterocycles. The van der Waals surface area contributed by atoms with Crippen LogP contribution in [0.5, 0.6) is 0 Å². The highest BCUT2D eigenvalue weighted by molar-refractivity contribution is 5.25. The van der Waals surface area contributed by atoms with E-state index >= 15 is 0 Å². The lowest BCUT2D eigenvalue weighted by Crippen LogP contribution is -2.71. The van der Waals surface area contributed by atoms with Crippen molar-refractivity contribution >= 4 is 0 Å². The average molecular weight is 771 g/mol. The molecule has 8 N–H and O–H groups in total. The standard InChI is InChI=1S/C41H70O13/c1-35(2)25(53-34-30(48)28(46)22(44)19-51-34)10-12-38(6)32(35)23(52-33-29(47)27(45)21(43)18-50-33)16-24-37(38,5)14-15-39(7)31(20(42)17-40(24,39)8)41(9)13-11-26(54-41)36(3,4)49/h20-34,42-49H,10-19H2,1-9H3. The molecular weight excluding hydrogens is 700 g/mol. The smallest absolute Gasteiger partial charge is 0.186 e. The quantitative estimate of drug-likeness (QED) is 0.182. The van der Waals surface area contributed by atoms with Gasteiger partial charge >= 0.3 is 0 Å². The molecule has 3 aliphatic heterocycles. The van der Waals surface area contributed by atoms with Gasteiger partial charge in [-0.05, 0) is 111 Å². The molecule has 4 saturated carbocycles. The van der Waals surface area contributed by atoms with Crippen molar-refractivity contribution in [3.63, 3.8) is 0 Å². The largest absolute Gasteiger partial charge is 0.393 e. The Kier molecular flexibility index (Phi) is 10.4. The number of hydrogen-bond donors (Lipinski definition) is 8. The van der Waals surface area contributed by atoms with Crippen LogP contribution in [0.2, 0.25) is 0 Å². The third-order valence-electron chi connectivity index (χ3n) is 17.4. The number of aliphatic hydroxyl groups excluding tert-OH is 7. The van der Waals surface area contributed by atoms with Gasteiger partial charge in [0.1, 0.15) is 36.6 Å². The minimum Gasteiger partial charge on any atom is -0.393 e. The molecule has 0 bridgehead atoms. The van der Waals surface area contributed by atoms with Crippen molar-refractivity contribution < 1.29 is 64.5 Å². The summed E-state index contributed by atoms with van der Waals surface area (Å²) in [5.41, 5.74) is -3.47. The lowest BCUT2D eigenvalue weighted by atomic mass is 9.32. The summed E-state index contributed by atoms with van der Waals surface area (Å²) in [4.78, 5) is 0. The summed E-state index contributed by atoms with van der Waals surface area (Å²) in [6.07, 6.45) is -6.60. The second-order valence-electron chi connectivity index (χ2n) is 21.0. The summed E-state index contributed by atoms with van der Waals surface area (Å²) >= 11 is 0. The van der Waals surface area contributed by atoms with Crippen molar-refractivity contribution in [1.82, 2.24) is 0 Å². The van der Waals surface area contributed by atoms with E-state index in [-0.39, 0.29) is 58.7 Å². The molecular formula is C41H70O13. The molecule has 0 radical (unpaired) electrons. The normalized spacial score (nSPS) is 57.6. The Morgan fingerprint density at radius 2 is 1.13 bits per heavy atom. The van der Waals surface area contributed by atoms with Gasteiger partial charge in [-0.3, -0.25) is 0 Å². The van der Waals surface area contributed by atoms with Crippen LogP contribution in [0.15, 0.2) is 0 Å². The van der Waals surface area contributed by atoms with Crippen molar-refractivity contribution in [1.29, 1.82) is 0 Å². The molecule has 4 aliphatic carbocycles. The lowest BCUT2D eigenvalue weighted by Gasteiger charge is -2.73. The first kappa shape index (κ1) is 41.6. The van der Waals surface area contributed by atoms with Gasteiger partial charge in [-0.25, -0.2) is 0 Å². The van der Waals surface area contributed by atoms with Crippen molar-refractivity contribution in [2.75, 3.05) is 13.2 Å². The van der Waals surface area contributed by atoms with Crippen LogP contribution in [0, 0.1) is 44.8 Å². The Morgan fingerprint density at radius 3 is 1.69 bits per heavy atom. The number of rotatable bonds is 6. The lowest BCUT2D eigenvalue weighted by molar-refractivity contribution is -0.347. The maximum Gasteiger partial charge on any atom is 0.186 e. The summed E-state index contributed by atoms with van der Waals surface area (Å²) in [7, 11) is 0. The highest BCUT2D eigenvalue weighted by atomic mass is 16.7. The van der Waals surface area contributed by atoms with Crippen molar-refractivity contribution in [3.8, 4) is 0 Å². The number of aliphatic hydroxyl groups is 8. The Hall–Kier alpha value is -0.520. The molecule has 13 nitrogen and oxygen atoms in total. The number of ether oxygens (including phenoxy) is 5. The third kappa shape index (κ3) is 5.95. The van der Waals surface area contributed by atoms with Gasteiger partial charge in [-0.1, -0.05) is 41.5 Å². The summed E-state index contributed by atoms with van der Waals surface area (Å²) in [5.74, 6) is -0.276. The fourth-order valence-electron chi connectivity index (χ4n) is 14.2. The van der Waals surface area contributed by atoms with Crippen molar-refractivity contribution in [2.45, 2.75) is 199 Å². The fraction of sp³-hybridized carbons (Fsp3) is 1.00. The van der Waals surface area contributed by atoms with Crippen LogP contribution in [0.4, 0.5) is 0 Å². The molecule has 7 rings (SSSR count). The summed E-state index contributed by atoms with van der Waals surface area (Å²) in [6.45, 7) is 19.1. The Morgan fingerprint density at radius 1 is 0.593 bits per heavy atom. The molecule has 20 unspecified atom stereocenters. The molecule has 7 fully saturated rings. The van der Waals surface area contributed by atoms with Crippen LogP contribution in [0.3, 0.4) is 0 Å². The molecule has 7 aliphatic rings. The van der Waals surface area contributed by atoms with E-state index in [1.807, 2.05) is 0 Å². The highest BCUT2D eigenvalue weighted by Crippen LogP contribution is 2.79. The molecule has 3 saturated heterocycles. The van der Waals surface area contributed by atoms with Gasteiger partial charge in [0.25, 0.3) is 0 Å². The fourth-order valence-corrected chi connectivity index (χ4v) is 14.2. The molecule has 312 valence electrons. The maximum absolute atomic E-state index is 12.2. The first-order chi connectivity index (χ1) is 24.9. The second kappa shape index (κ2) is 13.5. The summed E-state index contributed by atoms with van der Waals surface area (Å²) < 4.78 is 31.8. The predicted molar refractivity (Wildman–Crippen MR) is 194 cm³/mol. The van der Waals surface area contributed by atoms with E-state index in [4.69, 9.17) is 23.7 Å². The van der Waals surface area contributed by atoms with E-state index in [0.717, 1.165) is 32.1 Å². The second-order valence-corrected chi connectivity index (χ2v) is 21.0. The Bertz CT molecular complexity index is 1390. The van der Waals surface area contributed by atoms with Gasteiger partial charge in [0.15, 0.2) is 12.6 Å². The van der Waals surface area contributed by atoms with E-state index in [9.17, 15) is 40.9 Å². The zero-order valence-electron chi connectivity index (χ0n) is 33.9. The van der Waals surface area contributed by atoms with Crippen LogP contribution < -0.4 is 0 Å². The van der Waals surface area contributed by atoms with Gasteiger partial charge in [-0.15, -0.1) is 0 Å². The molecule has 0 amide bonds. The zero-order chi connectivity index (χ0) is 39.8. The molecule has 13 heteroatoms. The zero-order valence-corrected chi connectivity index (χ0v) is 33.9. The molecule has 54 heavy (non-hydrogen) atoms. The molecule has 3 heterocycles. The van der Waals surface area contributed by atoms with Gasteiger partial charge < -0.3 is 64.5 Å². The van der Waals surface area contributed by atoms with Gasteiger partial charge in [-0.2, -0.15) is 0 Å². The van der Waals surface area contributed by atoms with E-state index in [0.29, 0.717) is 19.3 Å². The topological polar surface area (TPSA) is 208 Å². The minimum absolute atomic E-state index is 0.0642. The molecule has 0 aromatic rings. The molecule has 20 atom stereocenters. The minimum atomic E-state index is -1.47. The predicted octanol–water partition coefficient (Wildman–Crippen LogP) is 2.00. The number of fused-ring (bicyclic) bond motifs is 5. The van der Waals surface area contributed by atoms with E-state index in [1.165, 1.54) is 0 Å². The number of hydrogen-bond acceptors (Lipinski definition) is 13. The summed E-state index contributed by atoms with van der Waals surface area (Å²) in [5, 5.41) is 86.7. The van der Waals surface area contributed by atoms with Crippen molar-refractivity contribution in [3.05, 3.63) is 0 Å². The molecule has 0 aromatic carbocycles. The first-order valence-corrected chi connectivity index (χ1v) is 20.6. The Balaban J connectivity index is 1.26. The average Bonchev–Trinajstić information content (AvgIpc) is 3.58. The van der Waals surface area contributed by atoms with Crippen LogP contribution in [-0.2, 0) is 23.7 Å². The summed E-state index contributed by atoms with van der Waals surface area (Å²) in [6, 6.07) is 0. The van der Waals surface area contributed by atoms with Gasteiger partial charge in [0.05, 0.1) is 48.8 Å². The maximum atomic E-state index is 12.2. The van der Waals surface area contributed by atoms with Gasteiger partial charge in [0, 0.05) is 5.92 Å². The van der Waals surface area contributed by atoms with E-state index in [1.54, 1.807) is 13.8 Å². The Labute approximate surface area is 320 Å². The third-order valence-corrected chi connectivity index (χ3v) is 17.4. The first-order valence-electron chi connectivity index (χ1n) is 20.6. The van der Waals surface area contributed by atoms with Crippen LogP contribution >= 0.6 is 0 Å². The van der Waals surface area contributed by atoms with Crippen LogP contribution in [0.1, 0.15) is 114 Å². The highest BCUT2D eigenvalue weighted by Gasteiger charge is 2.76. The van der Waals surface area contributed by atoms with Crippen molar-refractivity contribution in [2.24, 2.45) is 44.8 Å². The van der Waals surface area contributed by atoms with E-state index in [2.05, 4.69) is 48.5 Å². The van der Waals surface area contributed by atoms with Crippen LogP contribution in [0.25, 0.3) is 0 Å². The molecule has 0 spiro atoms. The SMILES string of the molecule is CC(C)(O)C1CCC(C)(C2C(O)CC3(C)C4CC(OC5OCC(O)C(O)C5O)C5C(C)(C)C(OC6OCC(O)C(O)C6O)CCC5(C)C4(C)CCC23C)O1.